The van der Waals surface area contributed by atoms with Gasteiger partial charge in [0.15, 0.2) is 0 Å². The topological polar surface area (TPSA) is 96.0 Å². The summed E-state index contributed by atoms with van der Waals surface area (Å²) in [5.41, 5.74) is 1.11. The van der Waals surface area contributed by atoms with Gasteiger partial charge >= 0.3 is 0 Å². The number of carbonyl (C=O) groups excluding carboxylic acids is 2. The Balaban J connectivity index is 1.70. The monoisotopic (exact) mass is 599 g/mol. The van der Waals surface area contributed by atoms with Crippen molar-refractivity contribution in [2.45, 2.75) is 50.7 Å². The fourth-order valence-electron chi connectivity index (χ4n) is 4.63. The maximum absolute atomic E-state index is 14.1. The van der Waals surface area contributed by atoms with Crippen LogP contribution >= 0.6 is 0 Å². The van der Waals surface area contributed by atoms with Crippen molar-refractivity contribution in [2.75, 3.05) is 10.8 Å². The molecule has 4 aromatic carbocycles. The second-order valence-corrected chi connectivity index (χ2v) is 12.2. The number of rotatable bonds is 13. The Hall–Kier alpha value is -4.63. The molecule has 43 heavy (non-hydrogen) atoms. The predicted molar refractivity (Wildman–Crippen MR) is 168 cm³/mol. The number of benzene rings is 4. The first-order chi connectivity index (χ1) is 20.7. The van der Waals surface area contributed by atoms with Gasteiger partial charge in [-0.15, -0.1) is 0 Å². The summed E-state index contributed by atoms with van der Waals surface area (Å²) in [6.07, 6.45) is 0.355. The minimum atomic E-state index is -4.15. The van der Waals surface area contributed by atoms with Crippen LogP contribution < -0.4 is 14.4 Å². The molecule has 0 spiro atoms. The van der Waals surface area contributed by atoms with E-state index in [1.54, 1.807) is 42.5 Å². The van der Waals surface area contributed by atoms with Crippen molar-refractivity contribution in [2.24, 2.45) is 0 Å². The van der Waals surface area contributed by atoms with Crippen LogP contribution in [0.15, 0.2) is 120 Å². The van der Waals surface area contributed by atoms with Gasteiger partial charge in [-0.2, -0.15) is 0 Å². The number of sulfonamides is 1. The molecular weight excluding hydrogens is 562 g/mol. The minimum Gasteiger partial charge on any atom is -0.457 e. The Morgan fingerprint density at radius 1 is 0.767 bits per heavy atom. The molecule has 0 saturated heterocycles. The Bertz CT molecular complexity index is 1580. The van der Waals surface area contributed by atoms with Crippen molar-refractivity contribution in [3.05, 3.63) is 121 Å². The van der Waals surface area contributed by atoms with Gasteiger partial charge in [-0.3, -0.25) is 13.9 Å². The molecule has 0 unspecified atom stereocenters. The third-order valence-electron chi connectivity index (χ3n) is 6.73. The zero-order valence-electron chi connectivity index (χ0n) is 24.6. The Morgan fingerprint density at radius 2 is 1.30 bits per heavy atom. The highest BCUT2D eigenvalue weighted by molar-refractivity contribution is 7.92. The van der Waals surface area contributed by atoms with Crippen molar-refractivity contribution in [1.82, 2.24) is 10.2 Å². The lowest BCUT2D eigenvalue weighted by molar-refractivity contribution is -0.140. The number of ether oxygens (including phenoxy) is 1. The zero-order chi connectivity index (χ0) is 30.8. The summed E-state index contributed by atoms with van der Waals surface area (Å²) in [6.45, 7) is 5.18. The number of anilines is 1. The molecule has 9 heteroatoms. The predicted octanol–water partition coefficient (Wildman–Crippen LogP) is 6.01. The zero-order valence-corrected chi connectivity index (χ0v) is 25.4. The lowest BCUT2D eigenvalue weighted by Crippen LogP contribution is -2.53. The van der Waals surface area contributed by atoms with Crippen LogP contribution in [-0.2, 0) is 26.2 Å². The van der Waals surface area contributed by atoms with Crippen LogP contribution in [-0.4, -0.2) is 43.8 Å². The molecule has 0 saturated carbocycles. The van der Waals surface area contributed by atoms with Crippen LogP contribution in [0.1, 0.15) is 32.8 Å². The van der Waals surface area contributed by atoms with Crippen molar-refractivity contribution in [1.29, 1.82) is 0 Å². The van der Waals surface area contributed by atoms with E-state index in [2.05, 4.69) is 5.32 Å². The summed E-state index contributed by atoms with van der Waals surface area (Å²) in [7, 11) is -4.15. The van der Waals surface area contributed by atoms with Gasteiger partial charge in [0.2, 0.25) is 11.8 Å². The molecule has 0 heterocycles. The van der Waals surface area contributed by atoms with Gasteiger partial charge in [0.05, 0.1) is 10.6 Å². The standard InChI is InChI=1S/C34H37N3O5S/c1-4-32(34(39)35-26(2)3)36(24-27-14-8-5-9-15-27)33(38)25-37(43(40,41)31-18-12-7-13-19-31)28-20-22-30(23-21-28)42-29-16-10-6-11-17-29/h5-23,26,32H,4,24-25H2,1-3H3,(H,35,39)/t32-/m0/s1. The van der Waals surface area contributed by atoms with Crippen LogP contribution in [0.5, 0.6) is 11.5 Å². The fourth-order valence-corrected chi connectivity index (χ4v) is 6.07. The Labute approximate surface area is 254 Å². The van der Waals surface area contributed by atoms with E-state index in [9.17, 15) is 18.0 Å². The van der Waals surface area contributed by atoms with Gasteiger partial charge in [0.25, 0.3) is 10.0 Å². The molecule has 2 amide bonds. The summed E-state index contributed by atoms with van der Waals surface area (Å²) in [6, 6.07) is 32.2. The molecular formula is C34H37N3O5S. The van der Waals surface area contributed by atoms with E-state index in [0.29, 0.717) is 17.9 Å². The van der Waals surface area contributed by atoms with E-state index in [-0.39, 0.29) is 29.1 Å². The number of nitrogens with one attached hydrogen (secondary N) is 1. The van der Waals surface area contributed by atoms with E-state index in [0.717, 1.165) is 9.87 Å². The van der Waals surface area contributed by atoms with E-state index < -0.39 is 28.5 Å². The molecule has 4 aromatic rings. The first-order valence-electron chi connectivity index (χ1n) is 14.2. The number of hydrogen-bond acceptors (Lipinski definition) is 5. The molecule has 0 aliphatic carbocycles. The van der Waals surface area contributed by atoms with E-state index in [1.165, 1.54) is 17.0 Å². The summed E-state index contributed by atoms with van der Waals surface area (Å²) >= 11 is 0. The molecule has 1 N–H and O–H groups in total. The maximum Gasteiger partial charge on any atom is 0.264 e. The summed E-state index contributed by atoms with van der Waals surface area (Å²) < 4.78 is 34.9. The average Bonchev–Trinajstić information content (AvgIpc) is 3.01. The molecule has 8 nitrogen and oxygen atoms in total. The van der Waals surface area contributed by atoms with Crippen molar-refractivity contribution >= 4 is 27.5 Å². The molecule has 0 aromatic heterocycles. The fraction of sp³-hybridized carbons (Fsp3) is 0.235. The van der Waals surface area contributed by atoms with Gasteiger partial charge in [-0.25, -0.2) is 8.42 Å². The number of hydrogen-bond donors (Lipinski definition) is 1. The summed E-state index contributed by atoms with van der Waals surface area (Å²) in [5.74, 6) is 0.363. The number of carbonyl (C=O) groups is 2. The van der Waals surface area contributed by atoms with Crippen LogP contribution in [0.4, 0.5) is 5.69 Å². The second kappa shape index (κ2) is 14.5. The smallest absolute Gasteiger partial charge is 0.264 e. The highest BCUT2D eigenvalue weighted by atomic mass is 32.2. The van der Waals surface area contributed by atoms with Crippen molar-refractivity contribution in [3.63, 3.8) is 0 Å². The number of nitrogens with zero attached hydrogens (tertiary/aromatic N) is 2. The van der Waals surface area contributed by atoms with Crippen LogP contribution in [0.25, 0.3) is 0 Å². The molecule has 4 rings (SSSR count). The number of para-hydroxylation sites is 1. The van der Waals surface area contributed by atoms with Gasteiger partial charge < -0.3 is 15.0 Å². The van der Waals surface area contributed by atoms with E-state index in [1.807, 2.05) is 81.4 Å². The Kier molecular flexibility index (Phi) is 10.6. The molecule has 1 atom stereocenters. The molecule has 0 aliphatic heterocycles. The van der Waals surface area contributed by atoms with Gasteiger partial charge in [-0.05, 0) is 74.4 Å². The molecule has 0 radical (unpaired) electrons. The maximum atomic E-state index is 14.1. The molecule has 0 bridgehead atoms. The molecule has 224 valence electrons. The largest absolute Gasteiger partial charge is 0.457 e. The highest BCUT2D eigenvalue weighted by Crippen LogP contribution is 2.28. The number of amides is 2. The first kappa shape index (κ1) is 31.3. The highest BCUT2D eigenvalue weighted by Gasteiger charge is 2.33. The van der Waals surface area contributed by atoms with Crippen molar-refractivity contribution < 1.29 is 22.7 Å². The lowest BCUT2D eigenvalue weighted by atomic mass is 10.1. The normalized spacial score (nSPS) is 11.9. The van der Waals surface area contributed by atoms with Gasteiger partial charge in [0, 0.05) is 12.6 Å². The lowest BCUT2D eigenvalue weighted by Gasteiger charge is -2.33. The summed E-state index contributed by atoms with van der Waals surface area (Å²) in [5, 5.41) is 2.90. The SMILES string of the molecule is CC[C@@H](C(=O)NC(C)C)N(Cc1ccccc1)C(=O)CN(c1ccc(Oc2ccccc2)cc1)S(=O)(=O)c1ccccc1. The second-order valence-electron chi connectivity index (χ2n) is 10.3. The summed E-state index contributed by atoms with van der Waals surface area (Å²) in [4.78, 5) is 28.9. The third-order valence-corrected chi connectivity index (χ3v) is 8.51. The van der Waals surface area contributed by atoms with E-state index in [4.69, 9.17) is 4.74 Å². The van der Waals surface area contributed by atoms with Crippen LogP contribution in [0, 0.1) is 0 Å². The van der Waals surface area contributed by atoms with Crippen molar-refractivity contribution in [3.8, 4) is 11.5 Å². The van der Waals surface area contributed by atoms with E-state index >= 15 is 0 Å². The van der Waals surface area contributed by atoms with Crippen LogP contribution in [0.3, 0.4) is 0 Å². The Morgan fingerprint density at radius 3 is 1.86 bits per heavy atom. The van der Waals surface area contributed by atoms with Crippen LogP contribution in [0.2, 0.25) is 0 Å². The minimum absolute atomic E-state index is 0.0478. The average molecular weight is 600 g/mol. The first-order valence-corrected chi connectivity index (χ1v) is 15.7. The quantitative estimate of drug-likeness (QED) is 0.203. The van der Waals surface area contributed by atoms with Gasteiger partial charge in [0.1, 0.15) is 24.1 Å². The van der Waals surface area contributed by atoms with Gasteiger partial charge in [-0.1, -0.05) is 73.7 Å². The molecule has 0 aliphatic rings. The third kappa shape index (κ3) is 8.23. The molecule has 0 fully saturated rings.